The Kier molecular flexibility index (Phi) is 4.20. The lowest BCUT2D eigenvalue weighted by Gasteiger charge is -2.12. The van der Waals surface area contributed by atoms with Gasteiger partial charge in [0.05, 0.1) is 0 Å². The quantitative estimate of drug-likeness (QED) is 0.641. The summed E-state index contributed by atoms with van der Waals surface area (Å²) in [5.74, 6) is 0.533. The molecule has 3 aromatic rings. The van der Waals surface area contributed by atoms with Gasteiger partial charge in [0.15, 0.2) is 0 Å². The summed E-state index contributed by atoms with van der Waals surface area (Å²) in [5.41, 5.74) is 11.5. The molecule has 3 nitrogen and oxygen atoms in total. The van der Waals surface area contributed by atoms with Gasteiger partial charge in [0.25, 0.3) is 0 Å². The molecule has 0 aliphatic rings. The van der Waals surface area contributed by atoms with Crippen molar-refractivity contribution >= 4 is 5.69 Å². The maximum Gasteiger partial charge on any atom is 0.115 e. The first-order valence-corrected chi connectivity index (χ1v) is 7.54. The van der Waals surface area contributed by atoms with Crippen molar-refractivity contribution in [2.75, 3.05) is 5.73 Å². The minimum atomic E-state index is 0.266. The fourth-order valence-corrected chi connectivity index (χ4v) is 2.64. The summed E-state index contributed by atoms with van der Waals surface area (Å²) >= 11 is 0. The van der Waals surface area contributed by atoms with Gasteiger partial charge in [0.1, 0.15) is 11.5 Å². The van der Waals surface area contributed by atoms with Crippen LogP contribution in [0.15, 0.2) is 66.7 Å². The first kappa shape index (κ1) is 15.0. The number of hydrogen-bond donors (Lipinski definition) is 3. The third-order valence-corrected chi connectivity index (χ3v) is 3.95. The molecule has 3 aromatic carbocycles. The molecule has 116 valence electrons. The van der Waals surface area contributed by atoms with Crippen LogP contribution >= 0.6 is 0 Å². The van der Waals surface area contributed by atoms with Gasteiger partial charge in [-0.3, -0.25) is 0 Å². The minimum absolute atomic E-state index is 0.266. The molecule has 0 saturated heterocycles. The zero-order valence-corrected chi connectivity index (χ0v) is 12.7. The van der Waals surface area contributed by atoms with Gasteiger partial charge in [-0.15, -0.1) is 0 Å². The molecule has 0 aliphatic carbocycles. The van der Waals surface area contributed by atoms with Crippen molar-refractivity contribution < 1.29 is 10.2 Å². The number of aromatic hydroxyl groups is 2. The van der Waals surface area contributed by atoms with Crippen LogP contribution in [0.4, 0.5) is 5.69 Å². The van der Waals surface area contributed by atoms with E-state index in [4.69, 9.17) is 5.73 Å². The maximum atomic E-state index is 9.36. The fourth-order valence-electron chi connectivity index (χ4n) is 2.64. The predicted molar refractivity (Wildman–Crippen MR) is 92.7 cm³/mol. The zero-order chi connectivity index (χ0) is 16.2. The summed E-state index contributed by atoms with van der Waals surface area (Å²) in [4.78, 5) is 0. The molecule has 0 bridgehead atoms. The van der Waals surface area contributed by atoms with E-state index in [-0.39, 0.29) is 11.5 Å². The van der Waals surface area contributed by atoms with Gasteiger partial charge in [0.2, 0.25) is 0 Å². The normalized spacial score (nSPS) is 10.6. The number of phenolic OH excluding ortho intramolecular Hbond substituents is 2. The highest BCUT2D eigenvalue weighted by atomic mass is 16.3. The molecule has 0 aliphatic heterocycles. The van der Waals surface area contributed by atoms with Crippen LogP contribution in [0, 0.1) is 0 Å². The van der Waals surface area contributed by atoms with E-state index in [9.17, 15) is 10.2 Å². The molecule has 0 atom stereocenters. The summed E-state index contributed by atoms with van der Waals surface area (Å²) < 4.78 is 0. The second-order valence-corrected chi connectivity index (χ2v) is 5.68. The van der Waals surface area contributed by atoms with Crippen molar-refractivity contribution in [3.05, 3.63) is 89.0 Å². The van der Waals surface area contributed by atoms with E-state index in [1.165, 1.54) is 0 Å². The van der Waals surface area contributed by atoms with E-state index in [0.29, 0.717) is 0 Å². The van der Waals surface area contributed by atoms with Crippen molar-refractivity contribution in [2.45, 2.75) is 12.8 Å². The molecule has 0 heterocycles. The van der Waals surface area contributed by atoms with Gasteiger partial charge in [-0.05, 0) is 59.4 Å². The minimum Gasteiger partial charge on any atom is -0.508 e. The van der Waals surface area contributed by atoms with Crippen LogP contribution in [0.3, 0.4) is 0 Å². The van der Waals surface area contributed by atoms with Crippen LogP contribution in [0.2, 0.25) is 0 Å². The van der Waals surface area contributed by atoms with Crippen LogP contribution in [0.1, 0.15) is 22.3 Å². The van der Waals surface area contributed by atoms with Gasteiger partial charge in [-0.1, -0.05) is 42.5 Å². The Morgan fingerprint density at radius 2 is 1.00 bits per heavy atom. The molecule has 0 fully saturated rings. The van der Waals surface area contributed by atoms with Gasteiger partial charge >= 0.3 is 0 Å². The van der Waals surface area contributed by atoms with Crippen LogP contribution in [-0.4, -0.2) is 10.2 Å². The molecule has 0 radical (unpaired) electrons. The highest BCUT2D eigenvalue weighted by Gasteiger charge is 2.07. The second kappa shape index (κ2) is 6.44. The van der Waals surface area contributed by atoms with Crippen molar-refractivity contribution in [1.29, 1.82) is 0 Å². The number of benzene rings is 3. The van der Waals surface area contributed by atoms with Crippen LogP contribution in [-0.2, 0) is 12.8 Å². The number of rotatable bonds is 4. The molecule has 3 rings (SSSR count). The number of nitrogen functional groups attached to an aromatic ring is 1. The van der Waals surface area contributed by atoms with E-state index >= 15 is 0 Å². The van der Waals surface area contributed by atoms with Gasteiger partial charge in [-0.25, -0.2) is 0 Å². The van der Waals surface area contributed by atoms with E-state index in [1.54, 1.807) is 24.3 Å². The van der Waals surface area contributed by atoms with Crippen LogP contribution in [0.25, 0.3) is 0 Å². The van der Waals surface area contributed by atoms with Gasteiger partial charge in [0, 0.05) is 5.69 Å². The Hall–Kier alpha value is -2.94. The molecule has 0 spiro atoms. The standard InChI is InChI=1S/C20H19NO2/c21-20-16(12-14-4-8-18(22)9-5-14)2-1-3-17(20)13-15-6-10-19(23)11-7-15/h1-11,22-23H,12-13,21H2. The SMILES string of the molecule is Nc1c(Cc2ccc(O)cc2)cccc1Cc1ccc(O)cc1. The highest BCUT2D eigenvalue weighted by Crippen LogP contribution is 2.24. The first-order valence-electron chi connectivity index (χ1n) is 7.54. The van der Waals surface area contributed by atoms with Crippen molar-refractivity contribution in [2.24, 2.45) is 0 Å². The summed E-state index contributed by atoms with van der Waals surface area (Å²) in [5, 5.41) is 18.7. The molecule has 0 unspecified atom stereocenters. The van der Waals surface area contributed by atoms with E-state index in [1.807, 2.05) is 42.5 Å². The summed E-state index contributed by atoms with van der Waals surface area (Å²) in [7, 11) is 0. The molecule has 3 heteroatoms. The summed E-state index contributed by atoms with van der Waals surface area (Å²) in [6, 6.07) is 20.4. The molecule has 4 N–H and O–H groups in total. The molecular formula is C20H19NO2. The first-order chi connectivity index (χ1) is 11.1. The van der Waals surface area contributed by atoms with Crippen molar-refractivity contribution in [3.8, 4) is 11.5 Å². The fraction of sp³-hybridized carbons (Fsp3) is 0.100. The summed E-state index contributed by atoms with van der Waals surface area (Å²) in [6.45, 7) is 0. The van der Waals surface area contributed by atoms with Crippen molar-refractivity contribution in [1.82, 2.24) is 0 Å². The Bertz CT molecular complexity index is 727. The largest absolute Gasteiger partial charge is 0.508 e. The van der Waals surface area contributed by atoms with Crippen LogP contribution in [0.5, 0.6) is 11.5 Å². The lowest BCUT2D eigenvalue weighted by atomic mass is 9.96. The smallest absolute Gasteiger partial charge is 0.115 e. The highest BCUT2D eigenvalue weighted by molar-refractivity contribution is 5.56. The van der Waals surface area contributed by atoms with Crippen LogP contribution < -0.4 is 5.73 Å². The van der Waals surface area contributed by atoms with E-state index in [2.05, 4.69) is 0 Å². The lowest BCUT2D eigenvalue weighted by molar-refractivity contribution is 0.474. The molecule has 0 aromatic heterocycles. The van der Waals surface area contributed by atoms with E-state index in [0.717, 1.165) is 40.8 Å². The number of phenols is 2. The zero-order valence-electron chi connectivity index (χ0n) is 12.7. The second-order valence-electron chi connectivity index (χ2n) is 5.68. The number of hydrogen-bond acceptors (Lipinski definition) is 3. The lowest BCUT2D eigenvalue weighted by Crippen LogP contribution is -2.01. The number of anilines is 1. The Morgan fingerprint density at radius 1 is 0.609 bits per heavy atom. The van der Waals surface area contributed by atoms with Gasteiger partial charge < -0.3 is 15.9 Å². The van der Waals surface area contributed by atoms with Gasteiger partial charge in [-0.2, -0.15) is 0 Å². The average molecular weight is 305 g/mol. The third-order valence-electron chi connectivity index (χ3n) is 3.95. The average Bonchev–Trinajstić information content (AvgIpc) is 2.55. The number of para-hydroxylation sites is 1. The summed E-state index contributed by atoms with van der Waals surface area (Å²) in [6.07, 6.45) is 1.46. The molecule has 0 saturated carbocycles. The Balaban J connectivity index is 1.83. The molecule has 0 amide bonds. The monoisotopic (exact) mass is 305 g/mol. The third kappa shape index (κ3) is 3.64. The topological polar surface area (TPSA) is 66.5 Å². The van der Waals surface area contributed by atoms with Crippen molar-refractivity contribution in [3.63, 3.8) is 0 Å². The molecule has 23 heavy (non-hydrogen) atoms. The molecular weight excluding hydrogens is 286 g/mol. The predicted octanol–water partition coefficient (Wildman–Crippen LogP) is 3.86. The van der Waals surface area contributed by atoms with E-state index < -0.39 is 0 Å². The number of nitrogens with two attached hydrogens (primary N) is 1. The Labute approximate surface area is 135 Å². The Morgan fingerprint density at radius 3 is 1.39 bits per heavy atom. The maximum absolute atomic E-state index is 9.36.